The number of nitrogens with one attached hydrogen (secondary N) is 1. The summed E-state index contributed by atoms with van der Waals surface area (Å²) in [6, 6.07) is 2.25. The van der Waals surface area contributed by atoms with Crippen LogP contribution in [0, 0.1) is 17.6 Å². The Bertz CT molecular complexity index is 410. The lowest BCUT2D eigenvalue weighted by molar-refractivity contribution is 0.538. The number of hydrogen-bond donors (Lipinski definition) is 2. The van der Waals surface area contributed by atoms with Crippen LogP contribution in [-0.2, 0) is 0 Å². The quantitative estimate of drug-likeness (QED) is 0.815. The lowest BCUT2D eigenvalue weighted by atomic mass is 10.1. The lowest BCUT2D eigenvalue weighted by Crippen LogP contribution is -2.23. The highest BCUT2D eigenvalue weighted by atomic mass is 32.1. The summed E-state index contributed by atoms with van der Waals surface area (Å²) in [5.74, 6) is -1.09. The molecular weight excluding hydrogens is 242 g/mol. The lowest BCUT2D eigenvalue weighted by Gasteiger charge is -2.20. The van der Waals surface area contributed by atoms with Crippen LogP contribution in [0.4, 0.5) is 14.5 Å². The Morgan fingerprint density at radius 2 is 1.71 bits per heavy atom. The van der Waals surface area contributed by atoms with Gasteiger partial charge < -0.3 is 11.1 Å². The maximum Gasteiger partial charge on any atom is 0.150 e. The highest BCUT2D eigenvalue weighted by molar-refractivity contribution is 7.80. The topological polar surface area (TPSA) is 38.0 Å². The van der Waals surface area contributed by atoms with Crippen LogP contribution < -0.4 is 11.1 Å². The molecule has 0 aliphatic heterocycles. The molecule has 0 fully saturated rings. The summed E-state index contributed by atoms with van der Waals surface area (Å²) in [6.07, 6.45) is 0. The first kappa shape index (κ1) is 13.8. The van der Waals surface area contributed by atoms with Gasteiger partial charge >= 0.3 is 0 Å². The summed E-state index contributed by atoms with van der Waals surface area (Å²) in [5, 5.41) is 2.81. The molecule has 1 aromatic rings. The van der Waals surface area contributed by atoms with E-state index >= 15 is 0 Å². The van der Waals surface area contributed by atoms with Gasteiger partial charge in [-0.2, -0.15) is 0 Å². The van der Waals surface area contributed by atoms with E-state index in [2.05, 4.69) is 17.5 Å². The number of rotatable bonds is 4. The van der Waals surface area contributed by atoms with Gasteiger partial charge in [-0.3, -0.25) is 0 Å². The molecule has 17 heavy (non-hydrogen) atoms. The van der Waals surface area contributed by atoms with Crippen LogP contribution in [0.3, 0.4) is 0 Å². The zero-order chi connectivity index (χ0) is 13.2. The van der Waals surface area contributed by atoms with Crippen LogP contribution in [0.1, 0.15) is 26.3 Å². The molecule has 2 nitrogen and oxygen atoms in total. The minimum atomic E-state index is -0.680. The van der Waals surface area contributed by atoms with Gasteiger partial charge in [0.05, 0.1) is 0 Å². The fourth-order valence-corrected chi connectivity index (χ4v) is 1.37. The fraction of sp³-hybridized carbons (Fsp3) is 0.417. The molecular formula is C12H16F2N2S. The van der Waals surface area contributed by atoms with Crippen molar-refractivity contribution in [1.29, 1.82) is 0 Å². The van der Waals surface area contributed by atoms with Gasteiger partial charge in [-0.25, -0.2) is 8.78 Å². The monoisotopic (exact) mass is 258 g/mol. The summed E-state index contributed by atoms with van der Waals surface area (Å²) in [4.78, 5) is -0.0220. The molecule has 1 unspecified atom stereocenters. The molecule has 0 radical (unpaired) electrons. The van der Waals surface area contributed by atoms with E-state index in [0.717, 1.165) is 12.1 Å². The van der Waals surface area contributed by atoms with Crippen molar-refractivity contribution in [2.24, 2.45) is 11.7 Å². The molecule has 94 valence electrons. The van der Waals surface area contributed by atoms with Gasteiger partial charge in [0.25, 0.3) is 0 Å². The Morgan fingerprint density at radius 1 is 1.24 bits per heavy atom. The first-order chi connectivity index (χ1) is 7.82. The number of halogens is 2. The second-order valence-corrected chi connectivity index (χ2v) is 4.80. The van der Waals surface area contributed by atoms with E-state index in [4.69, 9.17) is 5.73 Å². The average molecular weight is 258 g/mol. The number of nitrogens with two attached hydrogens (primary N) is 1. The van der Waals surface area contributed by atoms with E-state index in [1.165, 1.54) is 0 Å². The number of hydrogen-bond acceptors (Lipinski definition) is 2. The van der Waals surface area contributed by atoms with Crippen molar-refractivity contribution in [3.05, 3.63) is 29.3 Å². The van der Waals surface area contributed by atoms with Crippen molar-refractivity contribution in [1.82, 2.24) is 0 Å². The summed E-state index contributed by atoms with van der Waals surface area (Å²) in [7, 11) is 0. The third-order valence-electron chi connectivity index (χ3n) is 2.70. The minimum absolute atomic E-state index is 0.0220. The molecule has 0 aliphatic carbocycles. The smallest absolute Gasteiger partial charge is 0.150 e. The number of anilines is 1. The molecule has 0 heterocycles. The zero-order valence-corrected chi connectivity index (χ0v) is 10.9. The second kappa shape index (κ2) is 5.40. The molecule has 1 atom stereocenters. The predicted molar refractivity (Wildman–Crippen MR) is 70.2 cm³/mol. The van der Waals surface area contributed by atoms with Crippen molar-refractivity contribution in [2.45, 2.75) is 26.8 Å². The van der Waals surface area contributed by atoms with Crippen LogP contribution >= 0.6 is 12.2 Å². The maximum atomic E-state index is 13.7. The van der Waals surface area contributed by atoms with E-state index in [-0.39, 0.29) is 28.2 Å². The molecule has 0 aromatic heterocycles. The van der Waals surface area contributed by atoms with Crippen molar-refractivity contribution in [3.8, 4) is 0 Å². The van der Waals surface area contributed by atoms with Crippen molar-refractivity contribution in [2.75, 3.05) is 5.32 Å². The van der Waals surface area contributed by atoms with E-state index in [1.807, 2.05) is 20.8 Å². The summed E-state index contributed by atoms with van der Waals surface area (Å²) >= 11 is 4.68. The third-order valence-corrected chi connectivity index (χ3v) is 2.93. The highest BCUT2D eigenvalue weighted by Gasteiger charge is 2.15. The van der Waals surface area contributed by atoms with E-state index in [0.29, 0.717) is 0 Å². The minimum Gasteiger partial charge on any atom is -0.389 e. The Hall–Kier alpha value is -1.23. The molecule has 0 saturated carbocycles. The van der Waals surface area contributed by atoms with E-state index < -0.39 is 11.6 Å². The molecule has 5 heteroatoms. The average Bonchev–Trinajstić information content (AvgIpc) is 2.22. The molecule has 0 spiro atoms. The normalized spacial score (nSPS) is 12.6. The summed E-state index contributed by atoms with van der Waals surface area (Å²) < 4.78 is 27.4. The first-order valence-corrected chi connectivity index (χ1v) is 5.79. The standard InChI is InChI=1S/C12H16F2N2S/c1-6(2)7(3)16-11-9(13)4-8(12(15)17)5-10(11)14/h4-7,16H,1-3H3,(H2,15,17). The zero-order valence-electron chi connectivity index (χ0n) is 10.1. The summed E-state index contributed by atoms with van der Waals surface area (Å²) in [6.45, 7) is 5.80. The van der Waals surface area contributed by atoms with Gasteiger partial charge in [0.1, 0.15) is 22.3 Å². The van der Waals surface area contributed by atoms with Gasteiger partial charge in [0.15, 0.2) is 0 Å². The van der Waals surface area contributed by atoms with Crippen molar-refractivity contribution >= 4 is 22.9 Å². The molecule has 0 saturated heterocycles. The Labute approximate surface area is 105 Å². The van der Waals surface area contributed by atoms with Gasteiger partial charge in [0.2, 0.25) is 0 Å². The highest BCUT2D eigenvalue weighted by Crippen LogP contribution is 2.22. The first-order valence-electron chi connectivity index (χ1n) is 5.38. The predicted octanol–water partition coefficient (Wildman–Crippen LogP) is 3.06. The van der Waals surface area contributed by atoms with Crippen molar-refractivity contribution < 1.29 is 8.78 Å². The maximum absolute atomic E-state index is 13.7. The third kappa shape index (κ3) is 3.36. The van der Waals surface area contributed by atoms with Crippen LogP contribution in [0.25, 0.3) is 0 Å². The van der Waals surface area contributed by atoms with Crippen molar-refractivity contribution in [3.63, 3.8) is 0 Å². The SMILES string of the molecule is CC(C)C(C)Nc1c(F)cc(C(N)=S)cc1F. The van der Waals surface area contributed by atoms with Gasteiger partial charge in [0, 0.05) is 11.6 Å². The number of benzene rings is 1. The molecule has 0 amide bonds. The molecule has 1 aromatic carbocycles. The van der Waals surface area contributed by atoms with Crippen LogP contribution in [0.15, 0.2) is 12.1 Å². The molecule has 0 bridgehead atoms. The molecule has 1 rings (SSSR count). The fourth-order valence-electron chi connectivity index (χ4n) is 1.25. The van der Waals surface area contributed by atoms with Gasteiger partial charge in [-0.1, -0.05) is 26.1 Å². The number of thiocarbonyl (C=S) groups is 1. The largest absolute Gasteiger partial charge is 0.389 e. The Morgan fingerprint density at radius 3 is 2.06 bits per heavy atom. The molecule has 0 aliphatic rings. The van der Waals surface area contributed by atoms with Gasteiger partial charge in [-0.05, 0) is 25.0 Å². The summed E-state index contributed by atoms with van der Waals surface area (Å²) in [5.41, 5.74) is 5.39. The van der Waals surface area contributed by atoms with Crippen LogP contribution in [0.2, 0.25) is 0 Å². The Kier molecular flexibility index (Phi) is 4.40. The van der Waals surface area contributed by atoms with Crippen LogP contribution in [-0.4, -0.2) is 11.0 Å². The second-order valence-electron chi connectivity index (χ2n) is 4.36. The van der Waals surface area contributed by atoms with E-state index in [1.54, 1.807) is 0 Å². The Balaban J connectivity index is 3.06. The van der Waals surface area contributed by atoms with Gasteiger partial charge in [-0.15, -0.1) is 0 Å². The van der Waals surface area contributed by atoms with Crippen LogP contribution in [0.5, 0.6) is 0 Å². The van der Waals surface area contributed by atoms with E-state index in [9.17, 15) is 8.78 Å². The molecule has 3 N–H and O–H groups in total.